The summed E-state index contributed by atoms with van der Waals surface area (Å²) in [6, 6.07) is 0. The monoisotopic (exact) mass is 241 g/mol. The average Bonchev–Trinajstić information content (AvgIpc) is 2.35. The summed E-state index contributed by atoms with van der Waals surface area (Å²) in [5.74, 6) is 0.375. The fourth-order valence-electron chi connectivity index (χ4n) is 2.24. The summed E-state index contributed by atoms with van der Waals surface area (Å²) in [7, 11) is 1.34. The Kier molecular flexibility index (Phi) is 5.48. The first-order chi connectivity index (χ1) is 8.09. The lowest BCUT2D eigenvalue weighted by molar-refractivity contribution is -0.134. The number of aliphatic hydroxyl groups is 1. The minimum absolute atomic E-state index is 0.390. The van der Waals surface area contributed by atoms with Gasteiger partial charge in [0, 0.05) is 18.8 Å². The molecule has 98 valence electrons. The van der Waals surface area contributed by atoms with E-state index in [-0.39, 0.29) is 5.97 Å². The van der Waals surface area contributed by atoms with Gasteiger partial charge in [0.05, 0.1) is 12.7 Å². The number of carbonyl (C=O) groups is 1. The number of methoxy groups -OCH3 is 1. The van der Waals surface area contributed by atoms with Crippen molar-refractivity contribution in [3.8, 4) is 0 Å². The van der Waals surface area contributed by atoms with Crippen LogP contribution in [0.5, 0.6) is 0 Å². The molecule has 0 saturated heterocycles. The lowest BCUT2D eigenvalue weighted by Gasteiger charge is -2.35. The Morgan fingerprint density at radius 2 is 2.18 bits per heavy atom. The lowest BCUT2D eigenvalue weighted by atomic mass is 9.78. The van der Waals surface area contributed by atoms with Crippen LogP contribution < -0.4 is 5.32 Å². The third kappa shape index (κ3) is 4.77. The Morgan fingerprint density at radius 1 is 1.53 bits per heavy atom. The molecule has 1 aliphatic carbocycles. The largest absolute Gasteiger partial charge is 0.466 e. The van der Waals surface area contributed by atoms with Crippen LogP contribution in [0, 0.1) is 5.92 Å². The minimum Gasteiger partial charge on any atom is -0.466 e. The van der Waals surface area contributed by atoms with Crippen LogP contribution in [-0.4, -0.2) is 30.3 Å². The van der Waals surface area contributed by atoms with Crippen LogP contribution in [0.25, 0.3) is 0 Å². The summed E-state index contributed by atoms with van der Waals surface area (Å²) in [6.45, 7) is 2.70. The molecule has 0 bridgehead atoms. The Labute approximate surface area is 103 Å². The van der Waals surface area contributed by atoms with E-state index in [1.165, 1.54) is 25.8 Å². The third-order valence-electron chi connectivity index (χ3n) is 3.58. The SMILES string of the molecule is CCC1CCC(O)(CN/C=C/C(=O)OC)CC1. The van der Waals surface area contributed by atoms with E-state index < -0.39 is 5.60 Å². The van der Waals surface area contributed by atoms with Gasteiger partial charge in [-0.2, -0.15) is 0 Å². The van der Waals surface area contributed by atoms with E-state index in [4.69, 9.17) is 0 Å². The fraction of sp³-hybridized carbons (Fsp3) is 0.769. The molecule has 1 fully saturated rings. The molecule has 1 saturated carbocycles. The summed E-state index contributed by atoms with van der Waals surface area (Å²) >= 11 is 0. The maximum absolute atomic E-state index is 10.8. The predicted molar refractivity (Wildman–Crippen MR) is 66.4 cm³/mol. The van der Waals surface area contributed by atoms with E-state index in [1.807, 2.05) is 0 Å². The molecular weight excluding hydrogens is 218 g/mol. The second kappa shape index (κ2) is 6.64. The van der Waals surface area contributed by atoms with Crippen molar-refractivity contribution in [3.63, 3.8) is 0 Å². The highest BCUT2D eigenvalue weighted by molar-refractivity contribution is 5.81. The van der Waals surface area contributed by atoms with Crippen molar-refractivity contribution in [3.05, 3.63) is 12.3 Å². The Bertz CT molecular complexity index is 268. The molecule has 0 aromatic carbocycles. The summed E-state index contributed by atoms with van der Waals surface area (Å²) in [5, 5.41) is 13.3. The van der Waals surface area contributed by atoms with Gasteiger partial charge in [-0.3, -0.25) is 0 Å². The van der Waals surface area contributed by atoms with Crippen LogP contribution in [0.2, 0.25) is 0 Å². The lowest BCUT2D eigenvalue weighted by Crippen LogP contribution is -2.42. The molecule has 0 aromatic heterocycles. The first-order valence-corrected chi connectivity index (χ1v) is 6.30. The molecule has 0 radical (unpaired) electrons. The van der Waals surface area contributed by atoms with Crippen LogP contribution >= 0.6 is 0 Å². The standard InChI is InChI=1S/C13H23NO3/c1-3-11-4-7-13(16,8-5-11)10-14-9-6-12(15)17-2/h6,9,11,14,16H,3-5,7-8,10H2,1-2H3/b9-6+. The average molecular weight is 241 g/mol. The van der Waals surface area contributed by atoms with Gasteiger partial charge in [0.25, 0.3) is 0 Å². The number of ether oxygens (including phenoxy) is 1. The molecule has 4 heteroatoms. The van der Waals surface area contributed by atoms with Crippen molar-refractivity contribution in [2.75, 3.05) is 13.7 Å². The summed E-state index contributed by atoms with van der Waals surface area (Å²) in [6.07, 6.45) is 7.92. The predicted octanol–water partition coefficient (Wildman–Crippen LogP) is 1.59. The van der Waals surface area contributed by atoms with E-state index in [2.05, 4.69) is 17.0 Å². The van der Waals surface area contributed by atoms with E-state index in [9.17, 15) is 9.90 Å². The highest BCUT2D eigenvalue weighted by Crippen LogP contribution is 2.33. The zero-order chi connectivity index (χ0) is 12.7. The Morgan fingerprint density at radius 3 is 2.71 bits per heavy atom. The van der Waals surface area contributed by atoms with Gasteiger partial charge in [-0.05, 0) is 31.6 Å². The quantitative estimate of drug-likeness (QED) is 0.567. The maximum Gasteiger partial charge on any atom is 0.331 e. The van der Waals surface area contributed by atoms with Gasteiger partial charge >= 0.3 is 5.97 Å². The highest BCUT2D eigenvalue weighted by atomic mass is 16.5. The normalized spacial score (nSPS) is 29.2. The number of rotatable bonds is 5. The minimum atomic E-state index is -0.619. The molecule has 17 heavy (non-hydrogen) atoms. The summed E-state index contributed by atoms with van der Waals surface area (Å²) < 4.78 is 4.47. The van der Waals surface area contributed by atoms with Crippen molar-refractivity contribution in [1.29, 1.82) is 0 Å². The zero-order valence-corrected chi connectivity index (χ0v) is 10.7. The van der Waals surface area contributed by atoms with E-state index in [1.54, 1.807) is 0 Å². The fourth-order valence-corrected chi connectivity index (χ4v) is 2.24. The van der Waals surface area contributed by atoms with Gasteiger partial charge in [-0.15, -0.1) is 0 Å². The zero-order valence-electron chi connectivity index (χ0n) is 10.7. The van der Waals surface area contributed by atoms with Crippen molar-refractivity contribution < 1.29 is 14.6 Å². The van der Waals surface area contributed by atoms with Crippen molar-refractivity contribution >= 4 is 5.97 Å². The Hall–Kier alpha value is -1.03. The topological polar surface area (TPSA) is 58.6 Å². The smallest absolute Gasteiger partial charge is 0.331 e. The van der Waals surface area contributed by atoms with Gasteiger partial charge in [0.2, 0.25) is 0 Å². The van der Waals surface area contributed by atoms with E-state index >= 15 is 0 Å². The van der Waals surface area contributed by atoms with Crippen LogP contribution in [0.4, 0.5) is 0 Å². The summed E-state index contributed by atoms with van der Waals surface area (Å²) in [4.78, 5) is 10.8. The highest BCUT2D eigenvalue weighted by Gasteiger charge is 2.31. The molecule has 0 unspecified atom stereocenters. The van der Waals surface area contributed by atoms with Crippen LogP contribution in [0.3, 0.4) is 0 Å². The van der Waals surface area contributed by atoms with E-state index in [0.717, 1.165) is 31.6 Å². The first-order valence-electron chi connectivity index (χ1n) is 6.30. The molecule has 4 nitrogen and oxygen atoms in total. The van der Waals surface area contributed by atoms with Crippen molar-refractivity contribution in [1.82, 2.24) is 5.32 Å². The molecule has 0 atom stereocenters. The molecule has 1 aliphatic rings. The molecular formula is C13H23NO3. The van der Waals surface area contributed by atoms with Crippen molar-refractivity contribution in [2.24, 2.45) is 5.92 Å². The molecule has 0 heterocycles. The van der Waals surface area contributed by atoms with Gasteiger partial charge in [-0.1, -0.05) is 13.3 Å². The second-order valence-corrected chi connectivity index (χ2v) is 4.81. The van der Waals surface area contributed by atoms with Gasteiger partial charge in [0.15, 0.2) is 0 Å². The van der Waals surface area contributed by atoms with Crippen LogP contribution in [0.15, 0.2) is 12.3 Å². The number of hydrogen-bond acceptors (Lipinski definition) is 4. The second-order valence-electron chi connectivity index (χ2n) is 4.81. The van der Waals surface area contributed by atoms with Gasteiger partial charge in [-0.25, -0.2) is 4.79 Å². The van der Waals surface area contributed by atoms with E-state index in [0.29, 0.717) is 6.54 Å². The summed E-state index contributed by atoms with van der Waals surface area (Å²) in [5.41, 5.74) is -0.619. The van der Waals surface area contributed by atoms with Gasteiger partial charge < -0.3 is 15.2 Å². The number of esters is 1. The maximum atomic E-state index is 10.8. The number of carbonyl (C=O) groups excluding carboxylic acids is 1. The van der Waals surface area contributed by atoms with Crippen LogP contribution in [0.1, 0.15) is 39.0 Å². The molecule has 2 N–H and O–H groups in total. The Balaban J connectivity index is 2.27. The van der Waals surface area contributed by atoms with Crippen molar-refractivity contribution in [2.45, 2.75) is 44.6 Å². The van der Waals surface area contributed by atoms with Crippen LogP contribution in [-0.2, 0) is 9.53 Å². The number of nitrogens with one attached hydrogen (secondary N) is 1. The molecule has 0 spiro atoms. The third-order valence-corrected chi connectivity index (χ3v) is 3.58. The molecule has 0 aliphatic heterocycles. The molecule has 1 rings (SSSR count). The molecule has 0 amide bonds. The van der Waals surface area contributed by atoms with Gasteiger partial charge in [0.1, 0.15) is 0 Å². The number of hydrogen-bond donors (Lipinski definition) is 2. The first kappa shape index (κ1) is 14.0. The molecule has 0 aromatic rings.